The third-order valence-electron chi connectivity index (χ3n) is 2.74. The summed E-state index contributed by atoms with van der Waals surface area (Å²) in [6.07, 6.45) is 3.28. The van der Waals surface area contributed by atoms with E-state index >= 15 is 0 Å². The van der Waals surface area contributed by atoms with Crippen LogP contribution in [-0.4, -0.2) is 30.1 Å². The van der Waals surface area contributed by atoms with Crippen molar-refractivity contribution in [2.24, 2.45) is 0 Å². The van der Waals surface area contributed by atoms with Gasteiger partial charge in [0.15, 0.2) is 5.43 Å². The lowest BCUT2D eigenvalue weighted by molar-refractivity contribution is 0.0484. The summed E-state index contributed by atoms with van der Waals surface area (Å²) >= 11 is 0. The van der Waals surface area contributed by atoms with E-state index in [2.05, 4.69) is 4.98 Å². The number of carbonyl (C=O) groups is 2. The summed E-state index contributed by atoms with van der Waals surface area (Å²) in [6.45, 7) is 4.51. The normalized spacial score (nSPS) is 10.2. The smallest absolute Gasteiger partial charge is 0.354 e. The van der Waals surface area contributed by atoms with Crippen molar-refractivity contribution in [3.8, 4) is 0 Å². The molecule has 0 radical (unpaired) electrons. The van der Waals surface area contributed by atoms with Gasteiger partial charge in [-0.15, -0.1) is 0 Å². The summed E-state index contributed by atoms with van der Waals surface area (Å²) in [7, 11) is 0. The van der Waals surface area contributed by atoms with Gasteiger partial charge >= 0.3 is 11.9 Å². The highest BCUT2D eigenvalue weighted by molar-refractivity contribution is 5.91. The minimum Gasteiger partial charge on any atom is -0.461 e. The Morgan fingerprint density at radius 2 is 1.38 bits per heavy atom. The first-order chi connectivity index (χ1) is 10.1. The zero-order valence-electron chi connectivity index (χ0n) is 12.4. The molecule has 21 heavy (non-hydrogen) atoms. The number of carbonyl (C=O) groups excluding carboxylic acids is 2. The number of pyridine rings is 1. The lowest BCUT2D eigenvalue weighted by Crippen LogP contribution is -2.18. The maximum atomic E-state index is 11.8. The molecule has 0 atom stereocenters. The fourth-order valence-corrected chi connectivity index (χ4v) is 1.54. The Morgan fingerprint density at radius 1 is 0.952 bits per heavy atom. The van der Waals surface area contributed by atoms with Gasteiger partial charge < -0.3 is 14.5 Å². The summed E-state index contributed by atoms with van der Waals surface area (Å²) in [5.41, 5.74) is -0.527. The largest absolute Gasteiger partial charge is 0.461 e. The molecule has 0 bridgehead atoms. The predicted octanol–water partition coefficient (Wildman–Crippen LogP) is 2.29. The Morgan fingerprint density at radius 3 is 1.76 bits per heavy atom. The summed E-state index contributed by atoms with van der Waals surface area (Å²) in [4.78, 5) is 37.7. The number of rotatable bonds is 8. The van der Waals surface area contributed by atoms with Crippen LogP contribution < -0.4 is 5.43 Å². The molecule has 0 aliphatic rings. The van der Waals surface area contributed by atoms with Crippen molar-refractivity contribution in [1.82, 2.24) is 4.98 Å². The first kappa shape index (κ1) is 16.9. The summed E-state index contributed by atoms with van der Waals surface area (Å²) in [6, 6.07) is 2.22. The van der Waals surface area contributed by atoms with Gasteiger partial charge in [-0.05, 0) is 12.8 Å². The third kappa shape index (κ3) is 5.81. The van der Waals surface area contributed by atoms with Gasteiger partial charge in [0.05, 0.1) is 13.2 Å². The van der Waals surface area contributed by atoms with E-state index in [1.165, 1.54) is 0 Å². The number of ether oxygens (including phenoxy) is 2. The molecular weight excluding hydrogens is 274 g/mol. The van der Waals surface area contributed by atoms with Crippen molar-refractivity contribution in [2.75, 3.05) is 13.2 Å². The van der Waals surface area contributed by atoms with E-state index in [1.807, 2.05) is 13.8 Å². The average molecular weight is 295 g/mol. The molecule has 0 aliphatic heterocycles. The Balaban J connectivity index is 2.77. The molecule has 0 aliphatic carbocycles. The molecule has 6 nitrogen and oxygen atoms in total. The highest BCUT2D eigenvalue weighted by Crippen LogP contribution is 2.02. The standard InChI is InChI=1S/C15H21NO5/c1-3-5-7-20-14(18)12-9-11(17)10-13(16-12)15(19)21-8-6-4-2/h9-10H,3-8H2,1-2H3,(H,16,17). The van der Waals surface area contributed by atoms with Gasteiger partial charge in [-0.2, -0.15) is 0 Å². The Bertz CT molecular complexity index is 492. The zero-order valence-corrected chi connectivity index (χ0v) is 12.4. The average Bonchev–Trinajstić information content (AvgIpc) is 2.47. The van der Waals surface area contributed by atoms with Crippen molar-refractivity contribution < 1.29 is 19.1 Å². The van der Waals surface area contributed by atoms with Crippen LogP contribution in [0.2, 0.25) is 0 Å². The Hall–Kier alpha value is -2.11. The van der Waals surface area contributed by atoms with Crippen LogP contribution in [0, 0.1) is 0 Å². The first-order valence-corrected chi connectivity index (χ1v) is 7.17. The monoisotopic (exact) mass is 295 g/mol. The molecule has 0 aromatic carbocycles. The van der Waals surface area contributed by atoms with E-state index in [0.717, 1.165) is 37.8 Å². The molecule has 1 heterocycles. The number of unbranched alkanes of at least 4 members (excludes halogenated alkanes) is 2. The molecule has 1 aromatic rings. The second-order valence-electron chi connectivity index (χ2n) is 4.62. The van der Waals surface area contributed by atoms with Crippen molar-refractivity contribution in [1.29, 1.82) is 0 Å². The van der Waals surface area contributed by atoms with Crippen LogP contribution in [-0.2, 0) is 9.47 Å². The third-order valence-corrected chi connectivity index (χ3v) is 2.74. The van der Waals surface area contributed by atoms with E-state index in [1.54, 1.807) is 0 Å². The van der Waals surface area contributed by atoms with Crippen molar-refractivity contribution in [3.63, 3.8) is 0 Å². The van der Waals surface area contributed by atoms with Crippen molar-refractivity contribution in [2.45, 2.75) is 39.5 Å². The topological polar surface area (TPSA) is 85.5 Å². The van der Waals surface area contributed by atoms with Crippen LogP contribution >= 0.6 is 0 Å². The van der Waals surface area contributed by atoms with E-state index in [4.69, 9.17) is 9.47 Å². The second kappa shape index (κ2) is 8.94. The molecule has 6 heteroatoms. The number of hydrogen-bond acceptors (Lipinski definition) is 5. The van der Waals surface area contributed by atoms with Gasteiger partial charge in [-0.3, -0.25) is 4.79 Å². The minimum absolute atomic E-state index is 0.0407. The van der Waals surface area contributed by atoms with Crippen LogP contribution in [0.5, 0.6) is 0 Å². The maximum absolute atomic E-state index is 11.8. The van der Waals surface area contributed by atoms with E-state index in [0.29, 0.717) is 0 Å². The number of hydrogen-bond donors (Lipinski definition) is 1. The molecule has 0 spiro atoms. The van der Waals surface area contributed by atoms with Gasteiger partial charge in [0, 0.05) is 12.1 Å². The van der Waals surface area contributed by atoms with E-state index in [9.17, 15) is 14.4 Å². The molecule has 116 valence electrons. The number of esters is 2. The van der Waals surface area contributed by atoms with Gasteiger partial charge in [-0.25, -0.2) is 9.59 Å². The SMILES string of the molecule is CCCCOC(=O)c1cc(=O)cc(C(=O)OCCCC)[nH]1. The number of nitrogens with one attached hydrogen (secondary N) is 1. The van der Waals surface area contributed by atoms with Crippen LogP contribution in [0.4, 0.5) is 0 Å². The fraction of sp³-hybridized carbons (Fsp3) is 0.533. The molecular formula is C15H21NO5. The molecule has 0 unspecified atom stereocenters. The lowest BCUT2D eigenvalue weighted by atomic mass is 10.3. The second-order valence-corrected chi connectivity index (χ2v) is 4.62. The summed E-state index contributed by atoms with van der Waals surface area (Å²) in [5, 5.41) is 0. The highest BCUT2D eigenvalue weighted by Gasteiger charge is 2.14. The van der Waals surface area contributed by atoms with Crippen LogP contribution in [0.1, 0.15) is 60.5 Å². The van der Waals surface area contributed by atoms with Crippen LogP contribution in [0.25, 0.3) is 0 Å². The molecule has 1 N–H and O–H groups in total. The molecule has 0 saturated carbocycles. The molecule has 0 fully saturated rings. The van der Waals surface area contributed by atoms with Gasteiger partial charge in [0.1, 0.15) is 11.4 Å². The Labute approximate surface area is 123 Å². The first-order valence-electron chi connectivity index (χ1n) is 7.17. The quantitative estimate of drug-likeness (QED) is 0.587. The van der Waals surface area contributed by atoms with Crippen LogP contribution in [0.15, 0.2) is 16.9 Å². The van der Waals surface area contributed by atoms with Crippen LogP contribution in [0.3, 0.4) is 0 Å². The van der Waals surface area contributed by atoms with E-state index in [-0.39, 0.29) is 24.6 Å². The summed E-state index contributed by atoms with van der Waals surface area (Å²) < 4.78 is 9.99. The lowest BCUT2D eigenvalue weighted by Gasteiger charge is -2.07. The van der Waals surface area contributed by atoms with Gasteiger partial charge in [0.2, 0.25) is 0 Å². The van der Waals surface area contributed by atoms with Gasteiger partial charge in [0.25, 0.3) is 0 Å². The molecule has 0 saturated heterocycles. The summed E-state index contributed by atoms with van der Waals surface area (Å²) in [5.74, 6) is -1.30. The maximum Gasteiger partial charge on any atom is 0.354 e. The predicted molar refractivity (Wildman–Crippen MR) is 77.4 cm³/mol. The minimum atomic E-state index is -0.649. The van der Waals surface area contributed by atoms with E-state index < -0.39 is 17.4 Å². The fourth-order valence-electron chi connectivity index (χ4n) is 1.54. The number of H-pyrrole nitrogens is 1. The Kier molecular flexibility index (Phi) is 7.21. The molecule has 1 rings (SSSR count). The molecule has 0 amide bonds. The van der Waals surface area contributed by atoms with Crippen molar-refractivity contribution >= 4 is 11.9 Å². The highest BCUT2D eigenvalue weighted by atomic mass is 16.5. The number of aromatic nitrogens is 1. The number of aromatic amines is 1. The van der Waals surface area contributed by atoms with Crippen molar-refractivity contribution in [3.05, 3.63) is 33.7 Å². The zero-order chi connectivity index (χ0) is 15.7. The van der Waals surface area contributed by atoms with Gasteiger partial charge in [-0.1, -0.05) is 26.7 Å². The molecule has 1 aromatic heterocycles.